The van der Waals surface area contributed by atoms with Crippen LogP contribution in [0.25, 0.3) is 0 Å². The maximum absolute atomic E-state index is 12.5. The number of amides is 1. The quantitative estimate of drug-likeness (QED) is 0.801. The first-order chi connectivity index (χ1) is 9.57. The van der Waals surface area contributed by atoms with E-state index < -0.39 is 15.9 Å². The highest BCUT2D eigenvalue weighted by Crippen LogP contribution is 2.35. The van der Waals surface area contributed by atoms with Gasteiger partial charge < -0.3 is 0 Å². The summed E-state index contributed by atoms with van der Waals surface area (Å²) in [4.78, 5) is 12.3. The number of hydrogen-bond acceptors (Lipinski definition) is 4. The van der Waals surface area contributed by atoms with Crippen molar-refractivity contribution < 1.29 is 13.2 Å². The zero-order valence-corrected chi connectivity index (χ0v) is 11.0. The SMILES string of the molecule is N#Cc1ccccc1N1C(=O)c2ccccc2S1(=O)=O. The van der Waals surface area contributed by atoms with E-state index in [4.69, 9.17) is 5.26 Å². The van der Waals surface area contributed by atoms with Crippen LogP contribution < -0.4 is 4.31 Å². The first-order valence-corrected chi connectivity index (χ1v) is 7.19. The second-order valence-electron chi connectivity index (χ2n) is 4.20. The fourth-order valence-corrected chi connectivity index (χ4v) is 3.78. The Balaban J connectivity index is 2.29. The highest BCUT2D eigenvalue weighted by molar-refractivity contribution is 7.94. The minimum Gasteiger partial charge on any atom is -0.268 e. The van der Waals surface area contributed by atoms with Gasteiger partial charge in [-0.25, -0.2) is 8.42 Å². The molecule has 0 unspecified atom stereocenters. The van der Waals surface area contributed by atoms with E-state index in [-0.39, 0.29) is 21.7 Å². The lowest BCUT2D eigenvalue weighted by molar-refractivity contribution is 0.101. The highest BCUT2D eigenvalue weighted by Gasteiger charge is 2.42. The van der Waals surface area contributed by atoms with Crippen LogP contribution in [0.4, 0.5) is 5.69 Å². The Morgan fingerprint density at radius 3 is 2.35 bits per heavy atom. The van der Waals surface area contributed by atoms with Gasteiger partial charge in [0.2, 0.25) is 0 Å². The maximum atomic E-state index is 12.5. The topological polar surface area (TPSA) is 78.2 Å². The minimum absolute atomic E-state index is 0.0299. The molecule has 0 aliphatic carbocycles. The van der Waals surface area contributed by atoms with Gasteiger partial charge in [-0.3, -0.25) is 4.79 Å². The third-order valence-electron chi connectivity index (χ3n) is 3.06. The zero-order chi connectivity index (χ0) is 14.3. The molecule has 0 aromatic heterocycles. The van der Waals surface area contributed by atoms with Crippen LogP contribution in [0.2, 0.25) is 0 Å². The molecular weight excluding hydrogens is 276 g/mol. The van der Waals surface area contributed by atoms with Gasteiger partial charge >= 0.3 is 0 Å². The molecule has 6 heteroatoms. The van der Waals surface area contributed by atoms with Gasteiger partial charge in [0, 0.05) is 0 Å². The third-order valence-corrected chi connectivity index (χ3v) is 4.82. The lowest BCUT2D eigenvalue weighted by Crippen LogP contribution is -2.30. The van der Waals surface area contributed by atoms with Crippen LogP contribution in [0, 0.1) is 11.3 Å². The second-order valence-corrected chi connectivity index (χ2v) is 5.95. The van der Waals surface area contributed by atoms with Crippen molar-refractivity contribution in [3.8, 4) is 6.07 Å². The van der Waals surface area contributed by atoms with Crippen molar-refractivity contribution >= 4 is 21.6 Å². The van der Waals surface area contributed by atoms with Crippen molar-refractivity contribution in [2.45, 2.75) is 4.90 Å². The molecule has 1 heterocycles. The highest BCUT2D eigenvalue weighted by atomic mass is 32.2. The zero-order valence-electron chi connectivity index (χ0n) is 10.1. The summed E-state index contributed by atoms with van der Waals surface area (Å²) < 4.78 is 25.6. The van der Waals surface area contributed by atoms with Gasteiger partial charge in [0.25, 0.3) is 15.9 Å². The molecular formula is C14H8N2O3S. The average Bonchev–Trinajstić information content (AvgIpc) is 2.67. The van der Waals surface area contributed by atoms with Crippen LogP contribution in [-0.4, -0.2) is 14.3 Å². The van der Waals surface area contributed by atoms with Gasteiger partial charge in [-0.1, -0.05) is 24.3 Å². The summed E-state index contributed by atoms with van der Waals surface area (Å²) in [6, 6.07) is 14.0. The number of rotatable bonds is 1. The molecule has 98 valence electrons. The summed E-state index contributed by atoms with van der Waals surface area (Å²) in [5.74, 6) is -0.636. The average molecular weight is 284 g/mol. The lowest BCUT2D eigenvalue weighted by Gasteiger charge is -2.16. The van der Waals surface area contributed by atoms with E-state index >= 15 is 0 Å². The number of nitrogens with zero attached hydrogens (tertiary/aromatic N) is 2. The van der Waals surface area contributed by atoms with Crippen molar-refractivity contribution in [3.63, 3.8) is 0 Å². The van der Waals surface area contributed by atoms with Crippen LogP contribution in [0.3, 0.4) is 0 Å². The number of carbonyl (C=O) groups excluding carboxylic acids is 1. The van der Waals surface area contributed by atoms with E-state index in [2.05, 4.69) is 0 Å². The van der Waals surface area contributed by atoms with Gasteiger partial charge in [-0.2, -0.15) is 9.57 Å². The predicted octanol–water partition coefficient (Wildman–Crippen LogP) is 1.91. The molecule has 0 radical (unpaired) electrons. The summed E-state index contributed by atoms with van der Waals surface area (Å²) in [6.07, 6.45) is 0. The first kappa shape index (κ1) is 12.4. The summed E-state index contributed by atoms with van der Waals surface area (Å²) in [6.45, 7) is 0. The van der Waals surface area contributed by atoms with Crippen LogP contribution in [-0.2, 0) is 10.0 Å². The van der Waals surface area contributed by atoms with Crippen LogP contribution in [0.1, 0.15) is 15.9 Å². The predicted molar refractivity (Wildman–Crippen MR) is 71.6 cm³/mol. The third kappa shape index (κ3) is 1.54. The summed E-state index contributed by atoms with van der Waals surface area (Å²) in [5, 5.41) is 9.07. The minimum atomic E-state index is -3.95. The smallest absolute Gasteiger partial charge is 0.268 e. The number of hydrogen-bond donors (Lipinski definition) is 0. The van der Waals surface area contributed by atoms with Crippen LogP contribution >= 0.6 is 0 Å². The maximum Gasteiger partial charge on any atom is 0.273 e. The monoisotopic (exact) mass is 284 g/mol. The van der Waals surface area contributed by atoms with E-state index in [9.17, 15) is 13.2 Å². The van der Waals surface area contributed by atoms with Gasteiger partial charge in [-0.05, 0) is 24.3 Å². The van der Waals surface area contributed by atoms with Crippen LogP contribution in [0.5, 0.6) is 0 Å². The van der Waals surface area contributed by atoms with Crippen molar-refractivity contribution in [1.82, 2.24) is 0 Å². The second kappa shape index (κ2) is 4.18. The number of para-hydroxylation sites is 1. The lowest BCUT2D eigenvalue weighted by atomic mass is 10.1. The molecule has 0 spiro atoms. The van der Waals surface area contributed by atoms with E-state index in [1.165, 1.54) is 24.3 Å². The molecule has 2 aromatic carbocycles. The Bertz CT molecular complexity index is 866. The Morgan fingerprint density at radius 2 is 1.65 bits per heavy atom. The molecule has 1 aliphatic rings. The Labute approximate surface area is 115 Å². The molecule has 0 N–H and O–H groups in total. The van der Waals surface area contributed by atoms with Crippen molar-refractivity contribution in [2.24, 2.45) is 0 Å². The molecule has 0 atom stereocenters. The van der Waals surface area contributed by atoms with Crippen LogP contribution in [0.15, 0.2) is 53.4 Å². The molecule has 0 saturated carbocycles. The molecule has 0 saturated heterocycles. The van der Waals surface area contributed by atoms with Crippen molar-refractivity contribution in [2.75, 3.05) is 4.31 Å². The fraction of sp³-hybridized carbons (Fsp3) is 0. The van der Waals surface area contributed by atoms with Gasteiger partial charge in [0.05, 0.1) is 16.8 Å². The van der Waals surface area contributed by atoms with E-state index in [1.54, 1.807) is 24.3 Å². The number of fused-ring (bicyclic) bond motifs is 1. The van der Waals surface area contributed by atoms with Gasteiger partial charge in [-0.15, -0.1) is 0 Å². The number of carbonyl (C=O) groups is 1. The van der Waals surface area contributed by atoms with Gasteiger partial charge in [0.1, 0.15) is 11.0 Å². The summed E-state index contributed by atoms with van der Waals surface area (Å²) in [7, 11) is -3.95. The molecule has 5 nitrogen and oxygen atoms in total. The fourth-order valence-electron chi connectivity index (χ4n) is 2.17. The Kier molecular flexibility index (Phi) is 2.59. The Hall–Kier alpha value is -2.65. The Morgan fingerprint density at radius 1 is 1.00 bits per heavy atom. The van der Waals surface area contributed by atoms with Crippen molar-refractivity contribution in [3.05, 3.63) is 59.7 Å². The van der Waals surface area contributed by atoms with Crippen molar-refractivity contribution in [1.29, 1.82) is 5.26 Å². The standard InChI is InChI=1S/C14H8N2O3S/c15-9-10-5-1-3-7-12(10)16-14(17)11-6-2-4-8-13(11)20(16,18)19/h1-8H. The number of benzene rings is 2. The molecule has 3 rings (SSSR count). The first-order valence-electron chi connectivity index (χ1n) is 5.75. The molecule has 0 bridgehead atoms. The molecule has 20 heavy (non-hydrogen) atoms. The van der Waals surface area contributed by atoms with Gasteiger partial charge in [0.15, 0.2) is 0 Å². The number of nitriles is 1. The molecule has 1 aliphatic heterocycles. The van der Waals surface area contributed by atoms with E-state index in [0.717, 1.165) is 0 Å². The normalized spacial score (nSPS) is 15.8. The largest absolute Gasteiger partial charge is 0.273 e. The summed E-state index contributed by atoms with van der Waals surface area (Å²) >= 11 is 0. The van der Waals surface area contributed by atoms with E-state index in [1.807, 2.05) is 6.07 Å². The summed E-state index contributed by atoms with van der Waals surface area (Å²) in [5.41, 5.74) is 0.341. The van der Waals surface area contributed by atoms with E-state index in [0.29, 0.717) is 4.31 Å². The molecule has 2 aromatic rings. The number of sulfonamides is 1. The molecule has 1 amide bonds. The number of anilines is 1. The molecule has 0 fully saturated rings.